The van der Waals surface area contributed by atoms with E-state index in [4.69, 9.17) is 4.74 Å². The fourth-order valence-corrected chi connectivity index (χ4v) is 2.14. The fourth-order valence-electron chi connectivity index (χ4n) is 2.14. The van der Waals surface area contributed by atoms with Crippen molar-refractivity contribution in [3.63, 3.8) is 0 Å². The largest absolute Gasteiger partial charge is 0.374 e. The number of rotatable bonds is 0. The van der Waals surface area contributed by atoms with Crippen LogP contribution in [0.3, 0.4) is 0 Å². The van der Waals surface area contributed by atoms with Crippen molar-refractivity contribution < 1.29 is 4.74 Å². The molecule has 1 N–H and O–H groups in total. The third-order valence-electron chi connectivity index (χ3n) is 3.06. The molecule has 0 aromatic carbocycles. The third-order valence-corrected chi connectivity index (χ3v) is 3.06. The molecule has 2 unspecified atom stereocenters. The lowest BCUT2D eigenvalue weighted by Gasteiger charge is -2.31. The smallest absolute Gasteiger partial charge is 0.0867 e. The first-order chi connectivity index (χ1) is 6.07. The van der Waals surface area contributed by atoms with E-state index in [0.717, 1.165) is 26.2 Å². The molecule has 76 valence electrons. The minimum absolute atomic E-state index is 0.280. The second-order valence-corrected chi connectivity index (χ2v) is 5.05. The molecule has 2 rings (SSSR count). The number of nitrogens with zero attached hydrogens (tertiary/aromatic N) is 1. The molecule has 2 fully saturated rings. The first-order valence-corrected chi connectivity index (χ1v) is 5.17. The van der Waals surface area contributed by atoms with E-state index in [9.17, 15) is 0 Å². The molecule has 3 nitrogen and oxygen atoms in total. The van der Waals surface area contributed by atoms with E-state index < -0.39 is 0 Å². The second-order valence-electron chi connectivity index (χ2n) is 5.05. The Morgan fingerprint density at radius 2 is 2.08 bits per heavy atom. The molecule has 0 amide bonds. The summed E-state index contributed by atoms with van der Waals surface area (Å²) in [6.45, 7) is 10.9. The average Bonchev–Trinajstić information content (AvgIpc) is 2.45. The van der Waals surface area contributed by atoms with E-state index in [1.54, 1.807) is 0 Å². The summed E-state index contributed by atoms with van der Waals surface area (Å²) < 4.78 is 5.72. The predicted octanol–water partition coefficient (Wildman–Crippen LogP) is 0.457. The van der Waals surface area contributed by atoms with Crippen LogP contribution in [0.15, 0.2) is 0 Å². The van der Waals surface area contributed by atoms with Crippen LogP contribution in [0.1, 0.15) is 20.8 Å². The van der Waals surface area contributed by atoms with Gasteiger partial charge in [-0.2, -0.15) is 0 Å². The van der Waals surface area contributed by atoms with Crippen molar-refractivity contribution in [1.29, 1.82) is 0 Å². The van der Waals surface area contributed by atoms with Crippen molar-refractivity contribution >= 4 is 0 Å². The number of likely N-dealkylation sites (tertiary alicyclic amines) is 1. The summed E-state index contributed by atoms with van der Waals surface area (Å²) in [5.74, 6) is 0. The van der Waals surface area contributed by atoms with Gasteiger partial charge in [0.2, 0.25) is 0 Å². The molecule has 2 aliphatic heterocycles. The molecule has 2 atom stereocenters. The summed E-state index contributed by atoms with van der Waals surface area (Å²) in [6.07, 6.45) is 0.424. The number of ether oxygens (including phenoxy) is 1. The Balaban J connectivity index is 1.99. The minimum Gasteiger partial charge on any atom is -0.374 e. The summed E-state index contributed by atoms with van der Waals surface area (Å²) in [7, 11) is 0. The molecular formula is C10H20N2O. The quantitative estimate of drug-likeness (QED) is 0.592. The molecule has 2 saturated heterocycles. The van der Waals surface area contributed by atoms with Crippen LogP contribution in [0.4, 0.5) is 0 Å². The van der Waals surface area contributed by atoms with E-state index in [2.05, 4.69) is 31.0 Å². The topological polar surface area (TPSA) is 24.5 Å². The van der Waals surface area contributed by atoms with Gasteiger partial charge in [0.05, 0.1) is 12.7 Å². The van der Waals surface area contributed by atoms with Crippen molar-refractivity contribution in [2.75, 3.05) is 26.2 Å². The monoisotopic (exact) mass is 184 g/mol. The zero-order chi connectivity index (χ0) is 9.47. The maximum atomic E-state index is 5.72. The molecule has 13 heavy (non-hydrogen) atoms. The number of nitrogens with one attached hydrogen (secondary N) is 1. The average molecular weight is 184 g/mol. The van der Waals surface area contributed by atoms with Crippen LogP contribution in [-0.4, -0.2) is 48.8 Å². The van der Waals surface area contributed by atoms with E-state index in [-0.39, 0.29) is 5.54 Å². The predicted molar refractivity (Wildman–Crippen MR) is 52.9 cm³/mol. The molecule has 0 radical (unpaired) electrons. The van der Waals surface area contributed by atoms with Gasteiger partial charge in [0.15, 0.2) is 0 Å². The number of hydrogen-bond donors (Lipinski definition) is 1. The Kier molecular flexibility index (Phi) is 2.34. The van der Waals surface area contributed by atoms with Crippen molar-refractivity contribution in [1.82, 2.24) is 10.2 Å². The maximum Gasteiger partial charge on any atom is 0.0867 e. The van der Waals surface area contributed by atoms with Gasteiger partial charge in [0, 0.05) is 31.2 Å². The van der Waals surface area contributed by atoms with Gasteiger partial charge in [-0.25, -0.2) is 0 Å². The molecular weight excluding hydrogens is 164 g/mol. The molecule has 2 heterocycles. The second kappa shape index (κ2) is 3.23. The van der Waals surface area contributed by atoms with Crippen molar-refractivity contribution in [3.05, 3.63) is 0 Å². The van der Waals surface area contributed by atoms with Crippen LogP contribution in [0, 0.1) is 0 Å². The third kappa shape index (κ3) is 1.87. The van der Waals surface area contributed by atoms with Crippen LogP contribution in [0.2, 0.25) is 0 Å². The SMILES string of the molecule is CC(C)(C)N1CC2NCCOC2C1. The summed E-state index contributed by atoms with van der Waals surface area (Å²) in [5.41, 5.74) is 0.280. The summed E-state index contributed by atoms with van der Waals surface area (Å²) in [4.78, 5) is 2.50. The molecule has 3 heteroatoms. The van der Waals surface area contributed by atoms with Gasteiger partial charge in [-0.15, -0.1) is 0 Å². The highest BCUT2D eigenvalue weighted by Gasteiger charge is 2.39. The first-order valence-electron chi connectivity index (χ1n) is 5.17. The zero-order valence-corrected chi connectivity index (χ0v) is 8.84. The molecule has 0 aromatic heterocycles. The fraction of sp³-hybridized carbons (Fsp3) is 1.00. The number of morpholine rings is 1. The van der Waals surface area contributed by atoms with E-state index in [0.29, 0.717) is 12.1 Å². The maximum absolute atomic E-state index is 5.72. The number of hydrogen-bond acceptors (Lipinski definition) is 3. The standard InChI is InChI=1S/C10H20N2O/c1-10(2,3)12-6-8-9(7-12)13-5-4-11-8/h8-9,11H,4-7H2,1-3H3. The lowest BCUT2D eigenvalue weighted by molar-refractivity contribution is 0.0145. The van der Waals surface area contributed by atoms with E-state index in [1.165, 1.54) is 0 Å². The summed E-state index contributed by atoms with van der Waals surface area (Å²) in [6, 6.07) is 0.563. The first kappa shape index (κ1) is 9.44. The van der Waals surface area contributed by atoms with Crippen LogP contribution in [0.25, 0.3) is 0 Å². The molecule has 2 aliphatic rings. The highest BCUT2D eigenvalue weighted by molar-refractivity contribution is 4.96. The Labute approximate surface area is 80.4 Å². The lowest BCUT2D eigenvalue weighted by Crippen LogP contribution is -2.47. The van der Waals surface area contributed by atoms with Gasteiger partial charge in [0.25, 0.3) is 0 Å². The van der Waals surface area contributed by atoms with Crippen LogP contribution < -0.4 is 5.32 Å². The van der Waals surface area contributed by atoms with Crippen molar-refractivity contribution in [3.8, 4) is 0 Å². The molecule has 0 aliphatic carbocycles. The molecule has 0 saturated carbocycles. The minimum atomic E-state index is 0.280. The van der Waals surface area contributed by atoms with Crippen LogP contribution in [-0.2, 0) is 4.74 Å². The molecule has 0 spiro atoms. The molecule has 0 aromatic rings. The van der Waals surface area contributed by atoms with Gasteiger partial charge in [-0.05, 0) is 20.8 Å². The van der Waals surface area contributed by atoms with Crippen molar-refractivity contribution in [2.45, 2.75) is 38.5 Å². The lowest BCUT2D eigenvalue weighted by atomic mass is 10.1. The van der Waals surface area contributed by atoms with E-state index >= 15 is 0 Å². The van der Waals surface area contributed by atoms with Gasteiger partial charge in [-0.3, -0.25) is 4.90 Å². The Hall–Kier alpha value is -0.120. The van der Waals surface area contributed by atoms with Crippen molar-refractivity contribution in [2.24, 2.45) is 0 Å². The Bertz CT molecular complexity index is 174. The Morgan fingerprint density at radius 1 is 1.31 bits per heavy atom. The summed E-state index contributed by atoms with van der Waals surface area (Å²) in [5, 5.41) is 3.52. The van der Waals surface area contributed by atoms with Gasteiger partial charge >= 0.3 is 0 Å². The number of fused-ring (bicyclic) bond motifs is 1. The van der Waals surface area contributed by atoms with Crippen LogP contribution in [0.5, 0.6) is 0 Å². The normalized spacial score (nSPS) is 36.2. The highest BCUT2D eigenvalue weighted by Crippen LogP contribution is 2.23. The van der Waals surface area contributed by atoms with E-state index in [1.807, 2.05) is 0 Å². The molecule has 0 bridgehead atoms. The summed E-state index contributed by atoms with van der Waals surface area (Å²) >= 11 is 0. The highest BCUT2D eigenvalue weighted by atomic mass is 16.5. The van der Waals surface area contributed by atoms with Gasteiger partial charge in [-0.1, -0.05) is 0 Å². The zero-order valence-electron chi connectivity index (χ0n) is 8.84. The van der Waals surface area contributed by atoms with Gasteiger partial charge in [0.1, 0.15) is 0 Å². The van der Waals surface area contributed by atoms with Crippen LogP contribution >= 0.6 is 0 Å². The van der Waals surface area contributed by atoms with Gasteiger partial charge < -0.3 is 10.1 Å². The Morgan fingerprint density at radius 3 is 2.69 bits per heavy atom.